The van der Waals surface area contributed by atoms with Gasteiger partial charge in [0.1, 0.15) is 0 Å². The molecule has 0 saturated carbocycles. The van der Waals surface area contributed by atoms with E-state index in [0.29, 0.717) is 10.9 Å². The minimum absolute atomic E-state index is 0.390. The monoisotopic (exact) mass is 220 g/mol. The number of benzene rings is 1. The Balaban J connectivity index is 2.44. The summed E-state index contributed by atoms with van der Waals surface area (Å²) in [5.74, 6) is 0. The number of hydrogen-bond acceptors (Lipinski definition) is 2. The van der Waals surface area contributed by atoms with Crippen LogP contribution in [0.1, 0.15) is 39.2 Å². The molecule has 1 aromatic rings. The van der Waals surface area contributed by atoms with Crippen molar-refractivity contribution >= 4 is 12.6 Å². The molecule has 0 amide bonds. The lowest BCUT2D eigenvalue weighted by molar-refractivity contribution is 0.365. The second-order valence-corrected chi connectivity index (χ2v) is 5.53. The predicted molar refractivity (Wildman–Crippen MR) is 68.7 cm³/mol. The molecule has 2 N–H and O–H groups in total. The van der Waals surface area contributed by atoms with Gasteiger partial charge in [-0.3, -0.25) is 0 Å². The van der Waals surface area contributed by atoms with Crippen molar-refractivity contribution in [3.8, 4) is 0 Å². The van der Waals surface area contributed by atoms with Crippen molar-refractivity contribution in [2.75, 3.05) is 0 Å². The lowest BCUT2D eigenvalue weighted by atomic mass is 9.80. The van der Waals surface area contributed by atoms with Crippen LogP contribution in [-0.4, -0.2) is 17.2 Å². The van der Waals surface area contributed by atoms with Crippen molar-refractivity contribution in [1.29, 1.82) is 0 Å². The summed E-state index contributed by atoms with van der Waals surface area (Å²) in [6, 6.07) is 7.49. The van der Waals surface area contributed by atoms with Gasteiger partial charge in [0.15, 0.2) is 0 Å². The topological polar surface area (TPSA) is 40.5 Å². The summed E-state index contributed by atoms with van der Waals surface area (Å²) in [6.45, 7) is 6.74. The molecule has 0 aromatic heterocycles. The highest BCUT2D eigenvalue weighted by Crippen LogP contribution is 2.21. The predicted octanol–water partition coefficient (Wildman–Crippen LogP) is 1.74. The summed E-state index contributed by atoms with van der Waals surface area (Å²) in [7, 11) is -1.36. The van der Waals surface area contributed by atoms with Crippen LogP contribution in [0.15, 0.2) is 24.3 Å². The van der Waals surface area contributed by atoms with Crippen LogP contribution in [0.4, 0.5) is 0 Å². The van der Waals surface area contributed by atoms with Crippen molar-refractivity contribution in [2.45, 2.75) is 40.0 Å². The minimum Gasteiger partial charge on any atom is -0.423 e. The maximum Gasteiger partial charge on any atom is 0.488 e. The van der Waals surface area contributed by atoms with Crippen LogP contribution in [-0.2, 0) is 6.42 Å². The molecule has 0 bridgehead atoms. The molecule has 2 nitrogen and oxygen atoms in total. The Morgan fingerprint density at radius 1 is 1.06 bits per heavy atom. The third-order valence-electron chi connectivity index (χ3n) is 2.67. The molecule has 0 aliphatic carbocycles. The van der Waals surface area contributed by atoms with E-state index < -0.39 is 7.12 Å². The smallest absolute Gasteiger partial charge is 0.423 e. The molecular weight excluding hydrogens is 199 g/mol. The molecule has 0 atom stereocenters. The van der Waals surface area contributed by atoms with Crippen LogP contribution in [0, 0.1) is 5.41 Å². The zero-order chi connectivity index (χ0) is 12.2. The second-order valence-electron chi connectivity index (χ2n) is 5.53. The first-order valence-corrected chi connectivity index (χ1v) is 5.83. The minimum atomic E-state index is -1.36. The van der Waals surface area contributed by atoms with E-state index in [0.717, 1.165) is 6.42 Å². The molecule has 0 heterocycles. The van der Waals surface area contributed by atoms with E-state index in [4.69, 9.17) is 10.0 Å². The Bertz CT molecular complexity index is 312. The molecule has 88 valence electrons. The van der Waals surface area contributed by atoms with Gasteiger partial charge in [0.2, 0.25) is 0 Å². The quantitative estimate of drug-likeness (QED) is 0.758. The number of hydrogen-bond donors (Lipinski definition) is 2. The molecule has 0 spiro atoms. The van der Waals surface area contributed by atoms with Crippen LogP contribution in [0.2, 0.25) is 0 Å². The van der Waals surface area contributed by atoms with Gasteiger partial charge >= 0.3 is 7.12 Å². The molecule has 0 fully saturated rings. The maximum absolute atomic E-state index is 8.95. The number of aryl methyl sites for hydroxylation is 1. The highest BCUT2D eigenvalue weighted by atomic mass is 16.4. The van der Waals surface area contributed by atoms with Gasteiger partial charge in [-0.25, -0.2) is 0 Å². The van der Waals surface area contributed by atoms with Gasteiger partial charge in [0, 0.05) is 0 Å². The lowest BCUT2D eigenvalue weighted by Gasteiger charge is -2.17. The standard InChI is InChI=1S/C13H21BO2/c1-13(2,3)10-4-5-11-6-8-12(9-7-11)14(15)16/h6-9,15-16H,4-5,10H2,1-3H3. The average molecular weight is 220 g/mol. The summed E-state index contributed by atoms with van der Waals surface area (Å²) in [5.41, 5.74) is 2.20. The molecular formula is C13H21BO2. The molecule has 0 aliphatic rings. The molecule has 0 radical (unpaired) electrons. The normalized spacial score (nSPS) is 11.6. The fraction of sp³-hybridized carbons (Fsp3) is 0.538. The van der Waals surface area contributed by atoms with Gasteiger partial charge in [-0.2, -0.15) is 0 Å². The first-order chi connectivity index (χ1) is 7.38. The Labute approximate surface area is 98.5 Å². The van der Waals surface area contributed by atoms with Crippen molar-refractivity contribution in [2.24, 2.45) is 5.41 Å². The van der Waals surface area contributed by atoms with E-state index in [1.165, 1.54) is 18.4 Å². The van der Waals surface area contributed by atoms with Crippen LogP contribution in [0.25, 0.3) is 0 Å². The van der Waals surface area contributed by atoms with Gasteiger partial charge in [-0.1, -0.05) is 45.0 Å². The van der Waals surface area contributed by atoms with Gasteiger partial charge in [0.05, 0.1) is 0 Å². The van der Waals surface area contributed by atoms with E-state index >= 15 is 0 Å². The van der Waals surface area contributed by atoms with Gasteiger partial charge < -0.3 is 10.0 Å². The van der Waals surface area contributed by atoms with Crippen LogP contribution >= 0.6 is 0 Å². The Morgan fingerprint density at radius 3 is 2.06 bits per heavy atom. The summed E-state index contributed by atoms with van der Waals surface area (Å²) in [5, 5.41) is 17.9. The first-order valence-electron chi connectivity index (χ1n) is 5.83. The third-order valence-corrected chi connectivity index (χ3v) is 2.67. The zero-order valence-electron chi connectivity index (χ0n) is 10.4. The SMILES string of the molecule is CC(C)(C)CCCc1ccc(B(O)O)cc1. The van der Waals surface area contributed by atoms with Crippen LogP contribution in [0.3, 0.4) is 0 Å². The Kier molecular flexibility index (Phi) is 4.57. The van der Waals surface area contributed by atoms with E-state index in [2.05, 4.69) is 20.8 Å². The van der Waals surface area contributed by atoms with Crippen molar-refractivity contribution < 1.29 is 10.0 Å². The summed E-state index contributed by atoms with van der Waals surface area (Å²) < 4.78 is 0. The molecule has 1 aromatic carbocycles. The third kappa shape index (κ3) is 4.82. The molecule has 0 saturated heterocycles. The molecule has 0 unspecified atom stereocenters. The lowest BCUT2D eigenvalue weighted by Crippen LogP contribution is -2.29. The van der Waals surface area contributed by atoms with E-state index in [-0.39, 0.29) is 0 Å². The van der Waals surface area contributed by atoms with Crippen molar-refractivity contribution in [3.63, 3.8) is 0 Å². The second kappa shape index (κ2) is 5.51. The fourth-order valence-electron chi connectivity index (χ4n) is 1.68. The highest BCUT2D eigenvalue weighted by Gasteiger charge is 2.11. The van der Waals surface area contributed by atoms with Gasteiger partial charge in [-0.05, 0) is 35.7 Å². The zero-order valence-corrected chi connectivity index (χ0v) is 10.4. The van der Waals surface area contributed by atoms with Crippen LogP contribution in [0.5, 0.6) is 0 Å². The highest BCUT2D eigenvalue weighted by molar-refractivity contribution is 6.58. The fourth-order valence-corrected chi connectivity index (χ4v) is 1.68. The number of rotatable bonds is 4. The van der Waals surface area contributed by atoms with Crippen LogP contribution < -0.4 is 5.46 Å². The van der Waals surface area contributed by atoms with Crippen molar-refractivity contribution in [1.82, 2.24) is 0 Å². The van der Waals surface area contributed by atoms with E-state index in [9.17, 15) is 0 Å². The molecule has 16 heavy (non-hydrogen) atoms. The first kappa shape index (κ1) is 13.3. The maximum atomic E-state index is 8.95. The van der Waals surface area contributed by atoms with E-state index in [1.807, 2.05) is 12.1 Å². The molecule has 1 rings (SSSR count). The Morgan fingerprint density at radius 2 is 1.62 bits per heavy atom. The summed E-state index contributed by atoms with van der Waals surface area (Å²) in [6.07, 6.45) is 3.43. The largest absolute Gasteiger partial charge is 0.488 e. The Hall–Kier alpha value is -0.795. The van der Waals surface area contributed by atoms with Crippen molar-refractivity contribution in [3.05, 3.63) is 29.8 Å². The average Bonchev–Trinajstić information content (AvgIpc) is 2.16. The molecule has 3 heteroatoms. The van der Waals surface area contributed by atoms with Gasteiger partial charge in [-0.15, -0.1) is 0 Å². The van der Waals surface area contributed by atoms with Gasteiger partial charge in [0.25, 0.3) is 0 Å². The molecule has 0 aliphatic heterocycles. The summed E-state index contributed by atoms with van der Waals surface area (Å²) in [4.78, 5) is 0. The van der Waals surface area contributed by atoms with E-state index in [1.54, 1.807) is 12.1 Å². The summed E-state index contributed by atoms with van der Waals surface area (Å²) >= 11 is 0.